The van der Waals surface area contributed by atoms with Gasteiger partial charge in [0, 0.05) is 19.3 Å². The summed E-state index contributed by atoms with van der Waals surface area (Å²) >= 11 is 5.99. The van der Waals surface area contributed by atoms with Crippen LogP contribution in [0.15, 0.2) is 18.2 Å². The highest BCUT2D eigenvalue weighted by Gasteiger charge is 2.04. The number of halogens is 1. The average Bonchev–Trinajstić information content (AvgIpc) is 2.25. The average molecular weight is 225 g/mol. The fourth-order valence-corrected chi connectivity index (χ4v) is 1.49. The van der Waals surface area contributed by atoms with E-state index in [9.17, 15) is 0 Å². The summed E-state index contributed by atoms with van der Waals surface area (Å²) in [5, 5.41) is 9.06. The van der Waals surface area contributed by atoms with E-state index < -0.39 is 0 Å². The molecule has 0 unspecified atom stereocenters. The molecule has 4 heteroatoms. The SMILES string of the molecule is COc1ccc(N(C)CCC#N)cc1Cl. The zero-order valence-electron chi connectivity index (χ0n) is 8.83. The van der Waals surface area contributed by atoms with Crippen molar-refractivity contribution < 1.29 is 4.74 Å². The molecule has 0 aliphatic carbocycles. The van der Waals surface area contributed by atoms with Crippen LogP contribution in [0.2, 0.25) is 5.02 Å². The van der Waals surface area contributed by atoms with E-state index in [0.29, 0.717) is 23.7 Å². The van der Waals surface area contributed by atoms with Crippen LogP contribution in [0.3, 0.4) is 0 Å². The maximum atomic E-state index is 8.48. The van der Waals surface area contributed by atoms with Crippen LogP contribution in [0.4, 0.5) is 5.69 Å². The van der Waals surface area contributed by atoms with Crippen LogP contribution in [0, 0.1) is 11.3 Å². The first-order chi connectivity index (χ1) is 7.19. The number of rotatable bonds is 4. The third kappa shape index (κ3) is 3.03. The van der Waals surface area contributed by atoms with Gasteiger partial charge in [0.05, 0.1) is 24.6 Å². The Morgan fingerprint density at radius 2 is 2.27 bits per heavy atom. The van der Waals surface area contributed by atoms with Crippen molar-refractivity contribution >= 4 is 17.3 Å². The molecule has 0 saturated carbocycles. The molecule has 0 spiro atoms. The van der Waals surface area contributed by atoms with E-state index in [2.05, 4.69) is 6.07 Å². The predicted molar refractivity (Wildman–Crippen MR) is 61.5 cm³/mol. The highest BCUT2D eigenvalue weighted by Crippen LogP contribution is 2.28. The lowest BCUT2D eigenvalue weighted by Crippen LogP contribution is -2.17. The third-order valence-corrected chi connectivity index (χ3v) is 2.43. The van der Waals surface area contributed by atoms with Crippen molar-refractivity contribution in [2.75, 3.05) is 25.6 Å². The van der Waals surface area contributed by atoms with Gasteiger partial charge in [0.15, 0.2) is 0 Å². The molecule has 0 aliphatic heterocycles. The molecule has 0 atom stereocenters. The molecule has 0 aliphatic rings. The van der Waals surface area contributed by atoms with Crippen molar-refractivity contribution in [3.8, 4) is 11.8 Å². The fraction of sp³-hybridized carbons (Fsp3) is 0.364. The third-order valence-electron chi connectivity index (χ3n) is 2.14. The molecule has 0 radical (unpaired) electrons. The van der Waals surface area contributed by atoms with Crippen LogP contribution in [-0.4, -0.2) is 20.7 Å². The lowest BCUT2D eigenvalue weighted by molar-refractivity contribution is 0.415. The molecule has 0 aromatic heterocycles. The Morgan fingerprint density at radius 1 is 1.53 bits per heavy atom. The zero-order valence-corrected chi connectivity index (χ0v) is 9.58. The van der Waals surface area contributed by atoms with E-state index in [4.69, 9.17) is 21.6 Å². The molecule has 1 aromatic rings. The van der Waals surface area contributed by atoms with Gasteiger partial charge in [-0.05, 0) is 18.2 Å². The minimum Gasteiger partial charge on any atom is -0.495 e. The predicted octanol–water partition coefficient (Wildman–Crippen LogP) is 2.70. The van der Waals surface area contributed by atoms with Crippen LogP contribution in [-0.2, 0) is 0 Å². The number of methoxy groups -OCH3 is 1. The minimum atomic E-state index is 0.500. The molecule has 0 N–H and O–H groups in total. The number of nitriles is 1. The first-order valence-electron chi connectivity index (χ1n) is 4.60. The smallest absolute Gasteiger partial charge is 0.137 e. The Hall–Kier alpha value is -1.40. The molecule has 80 valence electrons. The van der Waals surface area contributed by atoms with Crippen LogP contribution in [0.1, 0.15) is 6.42 Å². The van der Waals surface area contributed by atoms with Gasteiger partial charge >= 0.3 is 0 Å². The number of hydrogen-bond acceptors (Lipinski definition) is 3. The van der Waals surface area contributed by atoms with Gasteiger partial charge < -0.3 is 9.64 Å². The maximum Gasteiger partial charge on any atom is 0.137 e. The topological polar surface area (TPSA) is 36.3 Å². The largest absolute Gasteiger partial charge is 0.495 e. The molecule has 0 fully saturated rings. The quantitative estimate of drug-likeness (QED) is 0.789. The number of anilines is 1. The summed E-state index contributed by atoms with van der Waals surface area (Å²) in [6, 6.07) is 7.68. The molecule has 0 saturated heterocycles. The molecule has 0 heterocycles. The molecule has 3 nitrogen and oxygen atoms in total. The van der Waals surface area contributed by atoms with Gasteiger partial charge in [-0.3, -0.25) is 0 Å². The second-order valence-electron chi connectivity index (χ2n) is 3.15. The summed E-state index contributed by atoms with van der Waals surface area (Å²) in [4.78, 5) is 1.98. The summed E-state index contributed by atoms with van der Waals surface area (Å²) < 4.78 is 5.06. The van der Waals surface area contributed by atoms with Crippen molar-refractivity contribution in [1.29, 1.82) is 5.26 Å². The first-order valence-corrected chi connectivity index (χ1v) is 4.98. The van der Waals surface area contributed by atoms with Gasteiger partial charge in [-0.2, -0.15) is 5.26 Å². The molecular weight excluding hydrogens is 212 g/mol. The second kappa shape index (κ2) is 5.47. The highest BCUT2D eigenvalue weighted by molar-refractivity contribution is 6.32. The first kappa shape index (κ1) is 11.7. The van der Waals surface area contributed by atoms with Gasteiger partial charge in [0.25, 0.3) is 0 Å². The number of benzene rings is 1. The zero-order chi connectivity index (χ0) is 11.3. The van der Waals surface area contributed by atoms with Crippen molar-refractivity contribution in [3.63, 3.8) is 0 Å². The Bertz CT molecular complexity index is 373. The summed E-state index contributed by atoms with van der Waals surface area (Å²) in [7, 11) is 3.51. The summed E-state index contributed by atoms with van der Waals surface area (Å²) in [6.45, 7) is 0.694. The minimum absolute atomic E-state index is 0.500. The Balaban J connectivity index is 2.79. The van der Waals surface area contributed by atoms with Crippen molar-refractivity contribution in [1.82, 2.24) is 0 Å². The maximum absolute atomic E-state index is 8.48. The van der Waals surface area contributed by atoms with Gasteiger partial charge in [0.1, 0.15) is 5.75 Å². The molecule has 1 rings (SSSR count). The normalized spacial score (nSPS) is 9.47. The van der Waals surface area contributed by atoms with E-state index in [1.165, 1.54) is 0 Å². The van der Waals surface area contributed by atoms with Crippen molar-refractivity contribution in [2.24, 2.45) is 0 Å². The number of nitrogens with zero attached hydrogens (tertiary/aromatic N) is 2. The van der Waals surface area contributed by atoms with Crippen LogP contribution >= 0.6 is 11.6 Å². The van der Waals surface area contributed by atoms with Gasteiger partial charge in [-0.15, -0.1) is 0 Å². The van der Waals surface area contributed by atoms with E-state index in [1.807, 2.05) is 30.1 Å². The van der Waals surface area contributed by atoms with Gasteiger partial charge in [-0.25, -0.2) is 0 Å². The van der Waals surface area contributed by atoms with Crippen LogP contribution < -0.4 is 9.64 Å². The van der Waals surface area contributed by atoms with E-state index in [0.717, 1.165) is 5.69 Å². The molecule has 0 bridgehead atoms. The van der Waals surface area contributed by atoms with Gasteiger partial charge in [-0.1, -0.05) is 11.6 Å². The van der Waals surface area contributed by atoms with Crippen molar-refractivity contribution in [3.05, 3.63) is 23.2 Å². The van der Waals surface area contributed by atoms with E-state index >= 15 is 0 Å². The van der Waals surface area contributed by atoms with E-state index in [-0.39, 0.29) is 0 Å². The van der Waals surface area contributed by atoms with Crippen LogP contribution in [0.5, 0.6) is 5.75 Å². The molecule has 15 heavy (non-hydrogen) atoms. The number of hydrogen-bond donors (Lipinski definition) is 0. The van der Waals surface area contributed by atoms with Crippen molar-refractivity contribution in [2.45, 2.75) is 6.42 Å². The molecule has 0 amide bonds. The Morgan fingerprint density at radius 3 is 2.80 bits per heavy atom. The highest BCUT2D eigenvalue weighted by atomic mass is 35.5. The van der Waals surface area contributed by atoms with Crippen LogP contribution in [0.25, 0.3) is 0 Å². The lowest BCUT2D eigenvalue weighted by atomic mass is 10.2. The Labute approximate surface area is 94.8 Å². The lowest BCUT2D eigenvalue weighted by Gasteiger charge is -2.18. The second-order valence-corrected chi connectivity index (χ2v) is 3.56. The Kier molecular flexibility index (Phi) is 4.26. The standard InChI is InChI=1S/C11H13ClN2O/c1-14(7-3-6-13)9-4-5-11(15-2)10(12)8-9/h4-5,8H,3,7H2,1-2H3. The molecular formula is C11H13ClN2O. The fourth-order valence-electron chi connectivity index (χ4n) is 1.24. The summed E-state index contributed by atoms with van der Waals surface area (Å²) in [5.41, 5.74) is 0.982. The number of ether oxygens (including phenoxy) is 1. The summed E-state index contributed by atoms with van der Waals surface area (Å²) in [5.74, 6) is 0.661. The monoisotopic (exact) mass is 224 g/mol. The van der Waals surface area contributed by atoms with E-state index in [1.54, 1.807) is 7.11 Å². The molecule has 1 aromatic carbocycles. The summed E-state index contributed by atoms with van der Waals surface area (Å²) in [6.07, 6.45) is 0.500. The van der Waals surface area contributed by atoms with Gasteiger partial charge in [0.2, 0.25) is 0 Å².